The van der Waals surface area contributed by atoms with Crippen LogP contribution in [0.1, 0.15) is 35.7 Å². The van der Waals surface area contributed by atoms with Gasteiger partial charge in [-0.25, -0.2) is 9.98 Å². The standard InChI is InChI=1S/C23H36N6S.HI/c1-5-24-23(27(4)17-22-18-30-19(3)26-22)25-15-20-9-7-8-10-21(20)16-29-13-11-28(6-2)12-14-29;/h7-10,18H,5-6,11-17H2,1-4H3,(H,24,25);1H. The Kier molecular flexibility index (Phi) is 11.2. The van der Waals surface area contributed by atoms with E-state index in [-0.39, 0.29) is 24.0 Å². The summed E-state index contributed by atoms with van der Waals surface area (Å²) < 4.78 is 0. The lowest BCUT2D eigenvalue weighted by molar-refractivity contribution is 0.131. The molecule has 0 unspecified atom stereocenters. The van der Waals surface area contributed by atoms with Crippen molar-refractivity contribution in [3.8, 4) is 0 Å². The fourth-order valence-electron chi connectivity index (χ4n) is 3.80. The maximum Gasteiger partial charge on any atom is 0.194 e. The molecule has 0 bridgehead atoms. The average molecular weight is 557 g/mol. The van der Waals surface area contributed by atoms with Crippen LogP contribution in [-0.2, 0) is 19.6 Å². The van der Waals surface area contributed by atoms with Gasteiger partial charge in [0.15, 0.2) is 5.96 Å². The molecular weight excluding hydrogens is 519 g/mol. The van der Waals surface area contributed by atoms with Crippen LogP contribution in [0.15, 0.2) is 34.6 Å². The van der Waals surface area contributed by atoms with Crippen LogP contribution in [0.5, 0.6) is 0 Å². The highest BCUT2D eigenvalue weighted by molar-refractivity contribution is 14.0. The highest BCUT2D eigenvalue weighted by Crippen LogP contribution is 2.15. The van der Waals surface area contributed by atoms with E-state index in [0.717, 1.165) is 55.9 Å². The fourth-order valence-corrected chi connectivity index (χ4v) is 4.40. The Morgan fingerprint density at radius 2 is 1.81 bits per heavy atom. The number of piperazine rings is 1. The molecule has 1 aromatic carbocycles. The Hall–Kier alpha value is -1.23. The molecule has 0 spiro atoms. The van der Waals surface area contributed by atoms with Crippen molar-refractivity contribution in [1.29, 1.82) is 0 Å². The van der Waals surface area contributed by atoms with Gasteiger partial charge in [0.05, 0.1) is 23.8 Å². The molecule has 172 valence electrons. The SMILES string of the molecule is CCNC(=NCc1ccccc1CN1CCN(CC)CC1)N(C)Cc1csc(C)n1.I. The van der Waals surface area contributed by atoms with Crippen LogP contribution in [0, 0.1) is 6.92 Å². The van der Waals surface area contributed by atoms with E-state index >= 15 is 0 Å². The van der Waals surface area contributed by atoms with Gasteiger partial charge in [0.2, 0.25) is 0 Å². The van der Waals surface area contributed by atoms with Gasteiger partial charge in [-0.15, -0.1) is 35.3 Å². The first-order valence-electron chi connectivity index (χ1n) is 11.0. The molecule has 0 amide bonds. The van der Waals surface area contributed by atoms with E-state index in [1.54, 1.807) is 11.3 Å². The van der Waals surface area contributed by atoms with Crippen LogP contribution >= 0.6 is 35.3 Å². The van der Waals surface area contributed by atoms with Gasteiger partial charge in [0.1, 0.15) is 0 Å². The number of aromatic nitrogens is 1. The summed E-state index contributed by atoms with van der Waals surface area (Å²) in [4.78, 5) is 16.8. The van der Waals surface area contributed by atoms with Crippen LogP contribution in [-0.4, -0.2) is 72.0 Å². The molecule has 2 heterocycles. The summed E-state index contributed by atoms with van der Waals surface area (Å²) in [7, 11) is 2.08. The van der Waals surface area contributed by atoms with Crippen LogP contribution in [0.25, 0.3) is 0 Å². The third-order valence-electron chi connectivity index (χ3n) is 5.59. The zero-order chi connectivity index (χ0) is 21.3. The normalized spacial score (nSPS) is 15.5. The number of halogens is 1. The number of hydrogen-bond donors (Lipinski definition) is 1. The molecule has 1 N–H and O–H groups in total. The highest BCUT2D eigenvalue weighted by Gasteiger charge is 2.16. The number of nitrogens with one attached hydrogen (secondary N) is 1. The lowest BCUT2D eigenvalue weighted by Crippen LogP contribution is -2.45. The quantitative estimate of drug-likeness (QED) is 0.305. The Labute approximate surface area is 208 Å². The van der Waals surface area contributed by atoms with E-state index in [2.05, 4.69) is 75.5 Å². The van der Waals surface area contributed by atoms with E-state index in [1.807, 2.05) is 6.92 Å². The smallest absolute Gasteiger partial charge is 0.194 e. The molecule has 8 heteroatoms. The second-order valence-corrected chi connectivity index (χ2v) is 8.93. The lowest BCUT2D eigenvalue weighted by atomic mass is 10.1. The van der Waals surface area contributed by atoms with Crippen molar-refractivity contribution in [2.24, 2.45) is 4.99 Å². The number of benzene rings is 1. The van der Waals surface area contributed by atoms with Crippen LogP contribution in [0.2, 0.25) is 0 Å². The number of guanidine groups is 1. The molecular formula is C23H37IN6S. The molecule has 2 aromatic rings. The number of rotatable bonds is 8. The molecule has 1 aromatic heterocycles. The maximum absolute atomic E-state index is 4.95. The van der Waals surface area contributed by atoms with E-state index < -0.39 is 0 Å². The monoisotopic (exact) mass is 556 g/mol. The second-order valence-electron chi connectivity index (χ2n) is 7.86. The zero-order valence-corrected chi connectivity index (χ0v) is 22.5. The van der Waals surface area contributed by atoms with Gasteiger partial charge in [-0.05, 0) is 31.5 Å². The van der Waals surface area contributed by atoms with E-state index in [9.17, 15) is 0 Å². The van der Waals surface area contributed by atoms with Gasteiger partial charge in [-0.1, -0.05) is 31.2 Å². The van der Waals surface area contributed by atoms with Crippen LogP contribution in [0.3, 0.4) is 0 Å². The molecule has 31 heavy (non-hydrogen) atoms. The van der Waals surface area contributed by atoms with Crippen molar-refractivity contribution in [1.82, 2.24) is 25.0 Å². The molecule has 1 fully saturated rings. The van der Waals surface area contributed by atoms with E-state index in [0.29, 0.717) is 6.54 Å². The van der Waals surface area contributed by atoms with E-state index in [4.69, 9.17) is 4.99 Å². The van der Waals surface area contributed by atoms with Gasteiger partial charge < -0.3 is 15.1 Å². The molecule has 1 aliphatic rings. The van der Waals surface area contributed by atoms with Crippen molar-refractivity contribution < 1.29 is 0 Å². The van der Waals surface area contributed by atoms with Crippen LogP contribution in [0.4, 0.5) is 0 Å². The first-order valence-corrected chi connectivity index (χ1v) is 11.9. The molecule has 0 saturated carbocycles. The molecule has 6 nitrogen and oxygen atoms in total. The summed E-state index contributed by atoms with van der Waals surface area (Å²) in [6.07, 6.45) is 0. The fraction of sp³-hybridized carbons (Fsp3) is 0.565. The minimum absolute atomic E-state index is 0. The number of hydrogen-bond acceptors (Lipinski definition) is 5. The maximum atomic E-state index is 4.95. The predicted molar refractivity (Wildman–Crippen MR) is 142 cm³/mol. The minimum atomic E-state index is 0. The second kappa shape index (κ2) is 13.3. The van der Waals surface area contributed by atoms with E-state index in [1.165, 1.54) is 24.2 Å². The summed E-state index contributed by atoms with van der Waals surface area (Å²) in [5.74, 6) is 0.925. The van der Waals surface area contributed by atoms with Crippen molar-refractivity contribution in [2.45, 2.75) is 40.4 Å². The van der Waals surface area contributed by atoms with Gasteiger partial charge in [-0.2, -0.15) is 0 Å². The largest absolute Gasteiger partial charge is 0.357 e. The third kappa shape index (κ3) is 8.00. The molecule has 0 radical (unpaired) electrons. The summed E-state index contributed by atoms with van der Waals surface area (Å²) in [6, 6.07) is 8.74. The minimum Gasteiger partial charge on any atom is -0.357 e. The summed E-state index contributed by atoms with van der Waals surface area (Å²) in [5.41, 5.74) is 3.79. The van der Waals surface area contributed by atoms with Gasteiger partial charge >= 0.3 is 0 Å². The van der Waals surface area contributed by atoms with Crippen molar-refractivity contribution in [3.05, 3.63) is 51.5 Å². The number of aryl methyl sites for hydroxylation is 1. The Morgan fingerprint density at radius 1 is 1.13 bits per heavy atom. The molecule has 0 atom stereocenters. The summed E-state index contributed by atoms with van der Waals surface area (Å²) in [6.45, 7) is 15.5. The average Bonchev–Trinajstić information content (AvgIpc) is 3.17. The summed E-state index contributed by atoms with van der Waals surface area (Å²) >= 11 is 1.70. The number of thiazole rings is 1. The lowest BCUT2D eigenvalue weighted by Gasteiger charge is -2.34. The molecule has 0 aliphatic carbocycles. The highest BCUT2D eigenvalue weighted by atomic mass is 127. The predicted octanol–water partition coefficient (Wildman–Crippen LogP) is 3.80. The third-order valence-corrected chi connectivity index (χ3v) is 6.41. The number of likely N-dealkylation sites (N-methyl/N-ethyl adjacent to an activating group) is 1. The first kappa shape index (κ1) is 26.0. The van der Waals surface area contributed by atoms with Gasteiger partial charge in [0, 0.05) is 51.7 Å². The van der Waals surface area contributed by atoms with Crippen molar-refractivity contribution in [3.63, 3.8) is 0 Å². The zero-order valence-electron chi connectivity index (χ0n) is 19.3. The van der Waals surface area contributed by atoms with Crippen molar-refractivity contribution >= 4 is 41.3 Å². The topological polar surface area (TPSA) is 47.0 Å². The first-order chi connectivity index (χ1) is 14.6. The van der Waals surface area contributed by atoms with Gasteiger partial charge in [0.25, 0.3) is 0 Å². The molecule has 1 saturated heterocycles. The number of aliphatic imine (C=N–C) groups is 1. The Morgan fingerprint density at radius 3 is 2.42 bits per heavy atom. The molecule has 3 rings (SSSR count). The number of nitrogens with zero attached hydrogens (tertiary/aromatic N) is 5. The van der Waals surface area contributed by atoms with Crippen molar-refractivity contribution in [2.75, 3.05) is 46.3 Å². The summed E-state index contributed by atoms with van der Waals surface area (Å²) in [5, 5.41) is 6.66. The van der Waals surface area contributed by atoms with Gasteiger partial charge in [-0.3, -0.25) is 4.90 Å². The Bertz CT molecular complexity index is 816. The molecule has 1 aliphatic heterocycles. The van der Waals surface area contributed by atoms with Crippen LogP contribution < -0.4 is 5.32 Å². The Balaban J connectivity index is 0.00000341.